The van der Waals surface area contributed by atoms with E-state index in [1.165, 1.54) is 17.8 Å². The van der Waals surface area contributed by atoms with E-state index in [9.17, 15) is 14.4 Å². The second kappa shape index (κ2) is 16.2. The van der Waals surface area contributed by atoms with Gasteiger partial charge in [0.05, 0.1) is 0 Å². The average Bonchev–Trinajstić information content (AvgIpc) is 3.66. The van der Waals surface area contributed by atoms with Gasteiger partial charge in [0.15, 0.2) is 11.5 Å². The lowest BCUT2D eigenvalue weighted by Gasteiger charge is -2.20. The van der Waals surface area contributed by atoms with Crippen LogP contribution in [0.2, 0.25) is 0 Å². The number of hydrogen-bond acceptors (Lipinski definition) is 7. The van der Waals surface area contributed by atoms with Gasteiger partial charge in [-0.25, -0.2) is 0 Å². The predicted molar refractivity (Wildman–Crippen MR) is 207 cm³/mol. The van der Waals surface area contributed by atoms with Crippen molar-refractivity contribution >= 4 is 46.9 Å². The van der Waals surface area contributed by atoms with Gasteiger partial charge in [-0.2, -0.15) is 0 Å². The van der Waals surface area contributed by atoms with Crippen molar-refractivity contribution in [1.82, 2.24) is 5.32 Å². The Balaban J connectivity index is 1.08. The topological polar surface area (TPSA) is 119 Å². The highest BCUT2D eigenvalue weighted by Gasteiger charge is 2.24. The van der Waals surface area contributed by atoms with Crippen LogP contribution >= 0.6 is 11.8 Å². The fourth-order valence-corrected chi connectivity index (χ4v) is 6.59. The van der Waals surface area contributed by atoms with Crippen molar-refractivity contribution in [3.8, 4) is 22.8 Å². The van der Waals surface area contributed by atoms with Gasteiger partial charge in [-0.05, 0) is 73.2 Å². The summed E-state index contributed by atoms with van der Waals surface area (Å²) in [5, 5.41) is 8.07. The first kappa shape index (κ1) is 34.9. The summed E-state index contributed by atoms with van der Waals surface area (Å²) in [5.74, 6) is 1.07. The van der Waals surface area contributed by atoms with Crippen LogP contribution in [-0.2, 0) is 9.59 Å². The summed E-state index contributed by atoms with van der Waals surface area (Å²) in [4.78, 5) is 41.3. The minimum atomic E-state index is -0.578. The summed E-state index contributed by atoms with van der Waals surface area (Å²) in [6.45, 7) is 2.94. The zero-order valence-corrected chi connectivity index (χ0v) is 29.5. The Bertz CT molecular complexity index is 2250. The third-order valence-electron chi connectivity index (χ3n) is 8.29. The van der Waals surface area contributed by atoms with Crippen LogP contribution in [0.1, 0.15) is 32.5 Å². The number of thioether (sulfide) groups is 1. The number of nitrogens with one attached hydrogen (secondary N) is 3. The summed E-state index contributed by atoms with van der Waals surface area (Å²) in [6, 6.07) is 42.2. The smallest absolute Gasteiger partial charge is 0.272 e. The number of benzene rings is 5. The monoisotopic (exact) mass is 721 g/mol. The summed E-state index contributed by atoms with van der Waals surface area (Å²) < 4.78 is 17.3. The molecule has 1 aromatic heterocycles. The number of carbonyl (C=O) groups excluding carboxylic acids is 3. The zero-order valence-electron chi connectivity index (χ0n) is 28.7. The van der Waals surface area contributed by atoms with Crippen LogP contribution in [0.3, 0.4) is 0 Å². The van der Waals surface area contributed by atoms with Crippen molar-refractivity contribution in [1.29, 1.82) is 0 Å². The molecular weight excluding hydrogens is 687 g/mol. The highest BCUT2D eigenvalue weighted by Crippen LogP contribution is 2.38. The molecule has 2 heterocycles. The molecule has 1 atom stereocenters. The van der Waals surface area contributed by atoms with Gasteiger partial charge in [0.25, 0.3) is 11.8 Å². The molecule has 3 amide bonds. The highest BCUT2D eigenvalue weighted by molar-refractivity contribution is 8.00. The normalized spacial score (nSPS) is 12.7. The van der Waals surface area contributed by atoms with Crippen LogP contribution in [0.25, 0.3) is 17.4 Å². The Morgan fingerprint density at radius 3 is 2.11 bits per heavy atom. The lowest BCUT2D eigenvalue weighted by molar-refractivity contribution is -0.116. The first-order chi connectivity index (χ1) is 25.9. The van der Waals surface area contributed by atoms with Gasteiger partial charge >= 0.3 is 0 Å². The SMILES string of the molecule is Cc1ccc(-c2ccc(/C=C(\NC(=O)c3ccccc3)C(=O)Nc3ccc(S[C@H](C(=O)Nc4ccc5c(c4)OCCO5)c4ccccc4)cc3)o2)cc1. The molecule has 0 aliphatic carbocycles. The van der Waals surface area contributed by atoms with Crippen molar-refractivity contribution in [2.24, 2.45) is 0 Å². The first-order valence-corrected chi connectivity index (χ1v) is 17.8. The molecule has 9 nitrogen and oxygen atoms in total. The van der Waals surface area contributed by atoms with Crippen molar-refractivity contribution in [3.63, 3.8) is 0 Å². The Kier molecular flexibility index (Phi) is 10.7. The van der Waals surface area contributed by atoms with E-state index in [-0.39, 0.29) is 11.6 Å². The predicted octanol–water partition coefficient (Wildman–Crippen LogP) is 8.91. The van der Waals surface area contributed by atoms with Gasteiger partial charge in [-0.3, -0.25) is 14.4 Å². The molecule has 6 aromatic rings. The van der Waals surface area contributed by atoms with Crippen LogP contribution in [0, 0.1) is 6.92 Å². The standard InChI is InChI=1S/C43H35N3O6S/c1-28-12-14-29(15-13-28)37-23-19-34(52-37)27-36(46-41(47)31-10-6-3-7-11-31)42(48)44-32-16-20-35(21-17-32)53-40(30-8-4-2-5-9-30)43(49)45-33-18-22-38-39(26-33)51-25-24-50-38/h2-23,26-27,40H,24-25H2,1H3,(H,44,48)(H,45,49)(H,46,47)/b36-27-/t40-/m0/s1. The number of aryl methyl sites for hydroxylation is 1. The molecule has 264 valence electrons. The van der Waals surface area contributed by atoms with Gasteiger partial charge in [0, 0.05) is 39.5 Å². The number of rotatable bonds is 11. The van der Waals surface area contributed by atoms with Crippen molar-refractivity contribution in [3.05, 3.63) is 168 Å². The molecular formula is C43H35N3O6S. The number of anilines is 2. The van der Waals surface area contributed by atoms with Gasteiger partial charge < -0.3 is 29.8 Å². The first-order valence-electron chi connectivity index (χ1n) is 17.0. The second-order valence-electron chi connectivity index (χ2n) is 12.2. The van der Waals surface area contributed by atoms with E-state index in [1.807, 2.05) is 85.8 Å². The molecule has 53 heavy (non-hydrogen) atoms. The van der Waals surface area contributed by atoms with E-state index in [0.717, 1.165) is 21.6 Å². The largest absolute Gasteiger partial charge is 0.486 e. The maximum Gasteiger partial charge on any atom is 0.272 e. The van der Waals surface area contributed by atoms with Crippen LogP contribution in [0.15, 0.2) is 155 Å². The zero-order chi connectivity index (χ0) is 36.6. The number of hydrogen-bond donors (Lipinski definition) is 3. The Labute approximate surface area is 311 Å². The third-order valence-corrected chi connectivity index (χ3v) is 9.56. The minimum Gasteiger partial charge on any atom is -0.486 e. The third kappa shape index (κ3) is 8.87. The van der Waals surface area contributed by atoms with Crippen LogP contribution in [-0.4, -0.2) is 30.9 Å². The molecule has 0 unspecified atom stereocenters. The quantitative estimate of drug-likeness (QED) is 0.0903. The van der Waals surface area contributed by atoms with Gasteiger partial charge in [-0.1, -0.05) is 78.4 Å². The number of carbonyl (C=O) groups is 3. The Morgan fingerprint density at radius 2 is 1.38 bits per heavy atom. The molecule has 1 aliphatic heterocycles. The molecule has 0 bridgehead atoms. The summed E-state index contributed by atoms with van der Waals surface area (Å²) in [6.07, 6.45) is 1.50. The maximum atomic E-state index is 13.7. The van der Waals surface area contributed by atoms with Crippen molar-refractivity contribution in [2.45, 2.75) is 17.1 Å². The molecule has 0 spiro atoms. The van der Waals surface area contributed by atoms with Crippen LogP contribution < -0.4 is 25.4 Å². The van der Waals surface area contributed by atoms with E-state index in [4.69, 9.17) is 13.9 Å². The number of ether oxygens (including phenoxy) is 2. The molecule has 0 saturated heterocycles. The van der Waals surface area contributed by atoms with E-state index in [1.54, 1.807) is 60.7 Å². The van der Waals surface area contributed by atoms with Gasteiger partial charge in [0.2, 0.25) is 5.91 Å². The molecule has 5 aromatic carbocycles. The maximum absolute atomic E-state index is 13.7. The van der Waals surface area contributed by atoms with E-state index < -0.39 is 17.1 Å². The summed E-state index contributed by atoms with van der Waals surface area (Å²) in [5.41, 5.74) is 4.35. The molecule has 0 radical (unpaired) electrons. The number of furan rings is 1. The lowest BCUT2D eigenvalue weighted by atomic mass is 10.1. The number of amides is 3. The molecule has 1 aliphatic rings. The van der Waals surface area contributed by atoms with Crippen LogP contribution in [0.5, 0.6) is 11.5 Å². The average molecular weight is 722 g/mol. The fourth-order valence-electron chi connectivity index (χ4n) is 5.57. The van der Waals surface area contributed by atoms with E-state index >= 15 is 0 Å². The molecule has 10 heteroatoms. The highest BCUT2D eigenvalue weighted by atomic mass is 32.2. The molecule has 7 rings (SSSR count). The summed E-state index contributed by atoms with van der Waals surface area (Å²) >= 11 is 1.38. The number of fused-ring (bicyclic) bond motifs is 1. The van der Waals surface area contributed by atoms with E-state index in [2.05, 4.69) is 16.0 Å². The molecule has 3 N–H and O–H groups in total. The fraction of sp³-hybridized carbons (Fsp3) is 0.0930. The second-order valence-corrected chi connectivity index (χ2v) is 13.4. The van der Waals surface area contributed by atoms with Crippen molar-refractivity contribution < 1.29 is 28.3 Å². The molecule has 0 fully saturated rings. The van der Waals surface area contributed by atoms with Crippen molar-refractivity contribution in [2.75, 3.05) is 23.8 Å². The minimum absolute atomic E-state index is 0.00191. The van der Waals surface area contributed by atoms with E-state index in [0.29, 0.717) is 53.2 Å². The van der Waals surface area contributed by atoms with Gasteiger partial charge in [0.1, 0.15) is 35.7 Å². The molecule has 0 saturated carbocycles. The Morgan fingerprint density at radius 1 is 0.698 bits per heavy atom. The Hall–Kier alpha value is -6.52. The van der Waals surface area contributed by atoms with Crippen LogP contribution in [0.4, 0.5) is 11.4 Å². The van der Waals surface area contributed by atoms with Gasteiger partial charge in [-0.15, -0.1) is 11.8 Å². The summed E-state index contributed by atoms with van der Waals surface area (Å²) in [7, 11) is 0. The lowest BCUT2D eigenvalue weighted by Crippen LogP contribution is -2.30.